The number of benzene rings is 2. The Morgan fingerprint density at radius 3 is 2.48 bits per heavy atom. The van der Waals surface area contributed by atoms with Crippen LogP contribution >= 0.6 is 0 Å². The van der Waals surface area contributed by atoms with Crippen LogP contribution in [0.2, 0.25) is 0 Å². The molecule has 5 heteroatoms. The van der Waals surface area contributed by atoms with E-state index in [4.69, 9.17) is 0 Å². The highest BCUT2D eigenvalue weighted by Gasteiger charge is 2.23. The largest absolute Gasteiger partial charge is 0.326 e. The fraction of sp³-hybridized carbons (Fsp3) is 0.292. The molecule has 0 saturated carbocycles. The van der Waals surface area contributed by atoms with Crippen LogP contribution in [0.25, 0.3) is 0 Å². The molecule has 2 heterocycles. The SMILES string of the molecule is Cc1nc(C(=O)Nc2ccc(C(C)(C)C)cc2)cc(N2CCc3ccccc32)n1. The van der Waals surface area contributed by atoms with Crippen molar-refractivity contribution in [1.29, 1.82) is 0 Å². The van der Waals surface area contributed by atoms with E-state index in [0.717, 1.165) is 30.2 Å². The molecule has 29 heavy (non-hydrogen) atoms. The van der Waals surface area contributed by atoms with Gasteiger partial charge in [0.2, 0.25) is 0 Å². The van der Waals surface area contributed by atoms with Crippen molar-refractivity contribution < 1.29 is 4.79 Å². The standard InChI is InChI=1S/C24H26N4O/c1-16-25-20(23(29)27-19-11-9-18(10-12-19)24(2,3)4)15-22(26-16)28-14-13-17-7-5-6-8-21(17)28/h5-12,15H,13-14H2,1-4H3,(H,27,29). The van der Waals surface area contributed by atoms with Crippen molar-refractivity contribution in [2.45, 2.75) is 39.5 Å². The van der Waals surface area contributed by atoms with Gasteiger partial charge in [0.05, 0.1) is 0 Å². The average Bonchev–Trinajstić information content (AvgIpc) is 3.11. The summed E-state index contributed by atoms with van der Waals surface area (Å²) < 4.78 is 0. The van der Waals surface area contributed by atoms with Crippen LogP contribution in [0.1, 0.15) is 48.2 Å². The predicted molar refractivity (Wildman–Crippen MR) is 117 cm³/mol. The number of aryl methyl sites for hydroxylation is 1. The molecule has 1 aliphatic rings. The number of hydrogen-bond donors (Lipinski definition) is 1. The number of hydrogen-bond acceptors (Lipinski definition) is 4. The van der Waals surface area contributed by atoms with E-state index >= 15 is 0 Å². The van der Waals surface area contributed by atoms with Crippen LogP contribution in [0.3, 0.4) is 0 Å². The third kappa shape index (κ3) is 3.99. The van der Waals surface area contributed by atoms with Crippen LogP contribution in [0.4, 0.5) is 17.2 Å². The summed E-state index contributed by atoms with van der Waals surface area (Å²) >= 11 is 0. The lowest BCUT2D eigenvalue weighted by molar-refractivity contribution is 0.102. The maximum atomic E-state index is 12.8. The molecule has 148 valence electrons. The van der Waals surface area contributed by atoms with Crippen LogP contribution in [0, 0.1) is 6.92 Å². The van der Waals surface area contributed by atoms with Crippen molar-refractivity contribution >= 4 is 23.1 Å². The summed E-state index contributed by atoms with van der Waals surface area (Å²) in [6.07, 6.45) is 0.973. The number of nitrogens with one attached hydrogen (secondary N) is 1. The van der Waals surface area contributed by atoms with Gasteiger partial charge in [-0.2, -0.15) is 0 Å². The topological polar surface area (TPSA) is 58.1 Å². The summed E-state index contributed by atoms with van der Waals surface area (Å²) in [5.41, 5.74) is 4.88. The van der Waals surface area contributed by atoms with Crippen LogP contribution in [-0.4, -0.2) is 22.4 Å². The van der Waals surface area contributed by atoms with Crippen molar-refractivity contribution in [1.82, 2.24) is 9.97 Å². The number of anilines is 3. The Labute approximate surface area is 171 Å². The molecule has 0 unspecified atom stereocenters. The summed E-state index contributed by atoms with van der Waals surface area (Å²) in [5.74, 6) is 1.11. The number of rotatable bonds is 3. The molecule has 0 fully saturated rings. The first-order chi connectivity index (χ1) is 13.8. The third-order valence-electron chi connectivity index (χ3n) is 5.23. The van der Waals surface area contributed by atoms with Gasteiger partial charge in [0.25, 0.3) is 5.91 Å². The lowest BCUT2D eigenvalue weighted by Crippen LogP contribution is -2.19. The minimum atomic E-state index is -0.229. The molecular formula is C24H26N4O. The number of fused-ring (bicyclic) bond motifs is 1. The second-order valence-electron chi connectivity index (χ2n) is 8.47. The zero-order chi connectivity index (χ0) is 20.6. The number of amides is 1. The average molecular weight is 386 g/mol. The second-order valence-corrected chi connectivity index (χ2v) is 8.47. The van der Waals surface area contributed by atoms with Gasteiger partial charge in [0.1, 0.15) is 17.3 Å². The first-order valence-corrected chi connectivity index (χ1v) is 9.94. The third-order valence-corrected chi connectivity index (χ3v) is 5.23. The molecule has 0 spiro atoms. The molecule has 1 amide bonds. The Morgan fingerprint density at radius 2 is 1.76 bits per heavy atom. The van der Waals surface area contributed by atoms with E-state index in [9.17, 15) is 4.79 Å². The Kier molecular flexibility index (Phi) is 4.82. The normalized spacial score (nSPS) is 13.3. The number of aromatic nitrogens is 2. The summed E-state index contributed by atoms with van der Waals surface area (Å²) in [6, 6.07) is 18.1. The molecule has 0 radical (unpaired) electrons. The number of carbonyl (C=O) groups is 1. The molecule has 1 N–H and O–H groups in total. The summed E-state index contributed by atoms with van der Waals surface area (Å²) in [5, 5.41) is 2.95. The van der Waals surface area contributed by atoms with Crippen LogP contribution in [0.5, 0.6) is 0 Å². The van der Waals surface area contributed by atoms with Crippen molar-refractivity contribution in [3.63, 3.8) is 0 Å². The van der Waals surface area contributed by atoms with Crippen LogP contribution in [0.15, 0.2) is 54.6 Å². The summed E-state index contributed by atoms with van der Waals surface area (Å²) in [6.45, 7) is 9.18. The lowest BCUT2D eigenvalue weighted by atomic mass is 9.87. The van der Waals surface area contributed by atoms with E-state index < -0.39 is 0 Å². The summed E-state index contributed by atoms with van der Waals surface area (Å²) in [7, 11) is 0. The highest BCUT2D eigenvalue weighted by atomic mass is 16.1. The number of para-hydroxylation sites is 1. The van der Waals surface area contributed by atoms with Gasteiger partial charge in [-0.25, -0.2) is 9.97 Å². The Morgan fingerprint density at radius 1 is 1.03 bits per heavy atom. The highest BCUT2D eigenvalue weighted by Crippen LogP contribution is 2.33. The monoisotopic (exact) mass is 386 g/mol. The smallest absolute Gasteiger partial charge is 0.274 e. The van der Waals surface area contributed by atoms with Gasteiger partial charge >= 0.3 is 0 Å². The van der Waals surface area contributed by atoms with Gasteiger partial charge in [-0.05, 0) is 48.1 Å². The molecule has 0 aliphatic carbocycles. The van der Waals surface area contributed by atoms with Crippen LogP contribution < -0.4 is 10.2 Å². The van der Waals surface area contributed by atoms with E-state index in [1.807, 2.05) is 37.3 Å². The molecule has 0 saturated heterocycles. The maximum absolute atomic E-state index is 12.8. The van der Waals surface area contributed by atoms with E-state index in [2.05, 4.69) is 59.2 Å². The molecule has 1 aromatic heterocycles. The zero-order valence-electron chi connectivity index (χ0n) is 17.4. The maximum Gasteiger partial charge on any atom is 0.274 e. The fourth-order valence-electron chi connectivity index (χ4n) is 3.63. The minimum absolute atomic E-state index is 0.0766. The van der Waals surface area contributed by atoms with E-state index in [-0.39, 0.29) is 11.3 Å². The quantitative estimate of drug-likeness (QED) is 0.686. The van der Waals surface area contributed by atoms with Crippen molar-refractivity contribution in [3.05, 3.63) is 77.2 Å². The molecule has 2 aromatic carbocycles. The lowest BCUT2D eigenvalue weighted by Gasteiger charge is -2.20. The second kappa shape index (κ2) is 7.32. The molecule has 0 bridgehead atoms. The molecule has 4 rings (SSSR count). The Balaban J connectivity index is 1.57. The van der Waals surface area contributed by atoms with Gasteiger partial charge in [0, 0.05) is 24.0 Å². The Bertz CT molecular complexity index is 1050. The van der Waals surface area contributed by atoms with Gasteiger partial charge in [-0.1, -0.05) is 51.1 Å². The van der Waals surface area contributed by atoms with Crippen molar-refractivity contribution in [2.75, 3.05) is 16.8 Å². The highest BCUT2D eigenvalue weighted by molar-refractivity contribution is 6.03. The molecular weight excluding hydrogens is 360 g/mol. The molecule has 0 atom stereocenters. The van der Waals surface area contributed by atoms with Crippen LogP contribution in [-0.2, 0) is 11.8 Å². The molecule has 1 aliphatic heterocycles. The number of carbonyl (C=O) groups excluding carboxylic acids is 1. The van der Waals surface area contributed by atoms with E-state index in [0.29, 0.717) is 11.5 Å². The molecule has 5 nitrogen and oxygen atoms in total. The fourth-order valence-corrected chi connectivity index (χ4v) is 3.63. The first kappa shape index (κ1) is 19.1. The first-order valence-electron chi connectivity index (χ1n) is 9.94. The van der Waals surface area contributed by atoms with Gasteiger partial charge in [0.15, 0.2) is 0 Å². The van der Waals surface area contributed by atoms with E-state index in [1.165, 1.54) is 11.1 Å². The van der Waals surface area contributed by atoms with Gasteiger partial charge < -0.3 is 10.2 Å². The van der Waals surface area contributed by atoms with Crippen molar-refractivity contribution in [3.8, 4) is 0 Å². The molecule has 3 aromatic rings. The number of nitrogens with zero attached hydrogens (tertiary/aromatic N) is 3. The van der Waals surface area contributed by atoms with Gasteiger partial charge in [-0.15, -0.1) is 0 Å². The minimum Gasteiger partial charge on any atom is -0.326 e. The predicted octanol–water partition coefficient (Wildman–Crippen LogP) is 5.03. The van der Waals surface area contributed by atoms with E-state index in [1.54, 1.807) is 6.07 Å². The summed E-state index contributed by atoms with van der Waals surface area (Å²) in [4.78, 5) is 23.9. The van der Waals surface area contributed by atoms with Gasteiger partial charge in [-0.3, -0.25) is 4.79 Å². The Hall–Kier alpha value is -3.21. The van der Waals surface area contributed by atoms with Crippen molar-refractivity contribution in [2.24, 2.45) is 0 Å². The zero-order valence-corrected chi connectivity index (χ0v) is 17.4.